The van der Waals surface area contributed by atoms with Gasteiger partial charge in [-0.1, -0.05) is 34.1 Å². The van der Waals surface area contributed by atoms with Crippen LogP contribution in [0.5, 0.6) is 0 Å². The fourth-order valence-electron chi connectivity index (χ4n) is 2.32. The van der Waals surface area contributed by atoms with E-state index in [4.69, 9.17) is 0 Å². The van der Waals surface area contributed by atoms with Gasteiger partial charge in [0.05, 0.1) is 0 Å². The average molecular weight is 397 g/mol. The molecule has 126 valence electrons. The zero-order chi connectivity index (χ0) is 17.8. The second kappa shape index (κ2) is 7.44. The Balaban J connectivity index is 1.73. The molecule has 2 aromatic carbocycles. The fourth-order valence-corrected chi connectivity index (χ4v) is 2.57. The molecule has 0 atom stereocenters. The van der Waals surface area contributed by atoms with E-state index in [2.05, 4.69) is 31.4 Å². The Morgan fingerprint density at radius 3 is 2.44 bits per heavy atom. The number of carbonyl (C=O) groups excluding carboxylic acids is 1. The smallest absolute Gasteiger partial charge is 0.278 e. The Labute approximate surface area is 154 Å². The van der Waals surface area contributed by atoms with Gasteiger partial charge in [-0.05, 0) is 55.0 Å². The molecule has 0 saturated carbocycles. The lowest BCUT2D eigenvalue weighted by Gasteiger charge is -2.16. The number of anilines is 3. The molecule has 0 saturated heterocycles. The molecule has 0 radical (unpaired) electrons. The third-order valence-corrected chi connectivity index (χ3v) is 4.65. The predicted molar refractivity (Wildman–Crippen MR) is 103 cm³/mol. The first kappa shape index (κ1) is 17.1. The molecule has 0 spiro atoms. The third kappa shape index (κ3) is 4.03. The van der Waals surface area contributed by atoms with Crippen molar-refractivity contribution in [3.05, 3.63) is 76.4 Å². The number of carbonyl (C=O) groups is 1. The highest BCUT2D eigenvalue weighted by Crippen LogP contribution is 2.22. The van der Waals surface area contributed by atoms with Crippen LogP contribution in [0.25, 0.3) is 0 Å². The Morgan fingerprint density at radius 2 is 1.80 bits per heavy atom. The minimum atomic E-state index is -0.204. The molecular weight excluding hydrogens is 380 g/mol. The number of hydrogen-bond acceptors (Lipinski definition) is 4. The maximum Gasteiger partial charge on any atom is 0.278 e. The quantitative estimate of drug-likeness (QED) is 0.701. The van der Waals surface area contributed by atoms with Crippen molar-refractivity contribution in [1.29, 1.82) is 0 Å². The van der Waals surface area contributed by atoms with E-state index in [0.717, 1.165) is 21.4 Å². The van der Waals surface area contributed by atoms with Gasteiger partial charge in [0.1, 0.15) is 0 Å². The van der Waals surface area contributed by atoms with Crippen LogP contribution in [0.1, 0.15) is 16.1 Å². The molecule has 0 bridgehead atoms. The first-order valence-corrected chi connectivity index (χ1v) is 8.54. The molecule has 6 heteroatoms. The van der Waals surface area contributed by atoms with Gasteiger partial charge < -0.3 is 10.2 Å². The van der Waals surface area contributed by atoms with Crippen LogP contribution in [-0.2, 0) is 0 Å². The van der Waals surface area contributed by atoms with Crippen molar-refractivity contribution in [3.8, 4) is 0 Å². The number of hydrogen-bond donors (Lipinski definition) is 1. The summed E-state index contributed by atoms with van der Waals surface area (Å²) in [6.07, 6.45) is 0. The predicted octanol–water partition coefficient (Wildman–Crippen LogP) is 4.57. The molecule has 0 aliphatic rings. The van der Waals surface area contributed by atoms with Crippen molar-refractivity contribution in [2.24, 2.45) is 0 Å². The van der Waals surface area contributed by atoms with Gasteiger partial charge in [-0.25, -0.2) is 0 Å². The van der Waals surface area contributed by atoms with Crippen molar-refractivity contribution in [1.82, 2.24) is 10.2 Å². The monoisotopic (exact) mass is 396 g/mol. The first-order chi connectivity index (χ1) is 12.0. The number of amides is 1. The van der Waals surface area contributed by atoms with Crippen LogP contribution in [0, 0.1) is 6.92 Å². The van der Waals surface area contributed by atoms with Crippen molar-refractivity contribution in [3.63, 3.8) is 0 Å². The summed E-state index contributed by atoms with van der Waals surface area (Å²) in [5.41, 5.74) is 3.13. The Hall–Kier alpha value is -2.73. The third-order valence-electron chi connectivity index (χ3n) is 3.76. The molecular formula is C19H17BrN4O. The van der Waals surface area contributed by atoms with Crippen molar-refractivity contribution < 1.29 is 4.79 Å². The summed E-state index contributed by atoms with van der Waals surface area (Å²) in [7, 11) is 1.72. The van der Waals surface area contributed by atoms with Gasteiger partial charge in [-0.2, -0.15) is 0 Å². The SMILES string of the molecule is Cc1cc(Nc2ccc(C(=O)N(C)c3ccccc3)nn2)ccc1Br. The lowest BCUT2D eigenvalue weighted by atomic mass is 10.2. The molecule has 0 unspecified atom stereocenters. The van der Waals surface area contributed by atoms with Gasteiger partial charge in [0.15, 0.2) is 11.5 Å². The maximum absolute atomic E-state index is 12.5. The van der Waals surface area contributed by atoms with Crippen molar-refractivity contribution >= 4 is 39.0 Å². The van der Waals surface area contributed by atoms with Crippen LogP contribution in [0.4, 0.5) is 17.2 Å². The molecule has 0 fully saturated rings. The Kier molecular flexibility index (Phi) is 5.09. The highest BCUT2D eigenvalue weighted by Gasteiger charge is 2.15. The molecule has 0 aliphatic carbocycles. The normalized spacial score (nSPS) is 10.4. The topological polar surface area (TPSA) is 58.1 Å². The summed E-state index contributed by atoms with van der Waals surface area (Å²) in [5, 5.41) is 11.3. The van der Waals surface area contributed by atoms with E-state index >= 15 is 0 Å². The Morgan fingerprint density at radius 1 is 1.04 bits per heavy atom. The van der Waals surface area contributed by atoms with E-state index in [0.29, 0.717) is 11.5 Å². The number of aromatic nitrogens is 2. The minimum Gasteiger partial charge on any atom is -0.339 e. The fraction of sp³-hybridized carbons (Fsp3) is 0.105. The summed E-state index contributed by atoms with van der Waals surface area (Å²) in [6.45, 7) is 2.02. The van der Waals surface area contributed by atoms with E-state index < -0.39 is 0 Å². The largest absolute Gasteiger partial charge is 0.339 e. The van der Waals surface area contributed by atoms with E-state index in [1.54, 1.807) is 24.1 Å². The van der Waals surface area contributed by atoms with E-state index in [1.165, 1.54) is 0 Å². The zero-order valence-electron chi connectivity index (χ0n) is 13.9. The van der Waals surface area contributed by atoms with Crippen LogP contribution in [-0.4, -0.2) is 23.2 Å². The average Bonchev–Trinajstić information content (AvgIpc) is 2.65. The standard InChI is InChI=1S/C19H17BrN4O/c1-13-12-14(8-9-16(13)20)21-18-11-10-17(22-23-18)19(25)24(2)15-6-4-3-5-7-15/h3-12H,1-2H3,(H,21,23). The molecule has 5 nitrogen and oxygen atoms in total. The second-order valence-electron chi connectivity index (χ2n) is 5.59. The highest BCUT2D eigenvalue weighted by molar-refractivity contribution is 9.10. The molecule has 0 aliphatic heterocycles. The van der Waals surface area contributed by atoms with Crippen LogP contribution in [0.15, 0.2) is 65.1 Å². The summed E-state index contributed by atoms with van der Waals surface area (Å²) in [5.74, 6) is 0.380. The second-order valence-corrected chi connectivity index (χ2v) is 6.45. The summed E-state index contributed by atoms with van der Waals surface area (Å²) in [6, 6.07) is 18.8. The summed E-state index contributed by atoms with van der Waals surface area (Å²) < 4.78 is 1.05. The summed E-state index contributed by atoms with van der Waals surface area (Å²) >= 11 is 3.48. The number of nitrogens with one attached hydrogen (secondary N) is 1. The Bertz CT molecular complexity index is 882. The van der Waals surface area contributed by atoms with Gasteiger partial charge >= 0.3 is 0 Å². The number of rotatable bonds is 4. The van der Waals surface area contributed by atoms with Gasteiger partial charge in [-0.15, -0.1) is 10.2 Å². The van der Waals surface area contributed by atoms with Crippen LogP contribution < -0.4 is 10.2 Å². The van der Waals surface area contributed by atoms with Gasteiger partial charge in [0.25, 0.3) is 5.91 Å². The lowest BCUT2D eigenvalue weighted by Crippen LogP contribution is -2.27. The van der Waals surface area contributed by atoms with Crippen LogP contribution >= 0.6 is 15.9 Å². The van der Waals surface area contributed by atoms with E-state index in [1.807, 2.05) is 55.5 Å². The molecule has 1 N–H and O–H groups in total. The highest BCUT2D eigenvalue weighted by atomic mass is 79.9. The molecule has 1 aromatic heterocycles. The van der Waals surface area contributed by atoms with Gasteiger partial charge in [0, 0.05) is 22.9 Å². The molecule has 1 heterocycles. The molecule has 3 aromatic rings. The van der Waals surface area contributed by atoms with Crippen molar-refractivity contribution in [2.75, 3.05) is 17.3 Å². The number of nitrogens with zero attached hydrogens (tertiary/aromatic N) is 3. The van der Waals surface area contributed by atoms with Crippen molar-refractivity contribution in [2.45, 2.75) is 6.92 Å². The number of halogens is 1. The number of para-hydroxylation sites is 1. The molecule has 3 rings (SSSR count). The van der Waals surface area contributed by atoms with E-state index in [-0.39, 0.29) is 5.91 Å². The first-order valence-electron chi connectivity index (χ1n) is 7.74. The number of aryl methyl sites for hydroxylation is 1. The van der Waals surface area contributed by atoms with Crippen LogP contribution in [0.3, 0.4) is 0 Å². The number of benzene rings is 2. The van der Waals surface area contributed by atoms with Crippen LogP contribution in [0.2, 0.25) is 0 Å². The van der Waals surface area contributed by atoms with Gasteiger partial charge in [-0.3, -0.25) is 4.79 Å². The molecule has 25 heavy (non-hydrogen) atoms. The zero-order valence-corrected chi connectivity index (χ0v) is 15.5. The maximum atomic E-state index is 12.5. The lowest BCUT2D eigenvalue weighted by molar-refractivity contribution is 0.0987. The summed E-state index contributed by atoms with van der Waals surface area (Å²) in [4.78, 5) is 14.0. The van der Waals surface area contributed by atoms with Gasteiger partial charge in [0.2, 0.25) is 0 Å². The molecule has 1 amide bonds. The van der Waals surface area contributed by atoms with E-state index in [9.17, 15) is 4.79 Å². The minimum absolute atomic E-state index is 0.204.